The van der Waals surface area contributed by atoms with Crippen LogP contribution in [0.15, 0.2) is 23.4 Å². The van der Waals surface area contributed by atoms with Crippen LogP contribution in [-0.4, -0.2) is 58.5 Å². The molecule has 2 aliphatic heterocycles. The Balaban J connectivity index is 1.62. The summed E-state index contributed by atoms with van der Waals surface area (Å²) in [6, 6.07) is 3.65. The number of piperidine rings is 1. The number of pyridine rings is 1. The molecule has 1 saturated heterocycles. The van der Waals surface area contributed by atoms with Crippen LogP contribution in [0.3, 0.4) is 0 Å². The Morgan fingerprint density at radius 1 is 1.27 bits per heavy atom. The van der Waals surface area contributed by atoms with Crippen LogP contribution < -0.4 is 5.32 Å². The molecule has 8 heteroatoms. The van der Waals surface area contributed by atoms with Gasteiger partial charge in [0.2, 0.25) is 11.8 Å². The molecular formula is C18H23N5O3. The summed E-state index contributed by atoms with van der Waals surface area (Å²) in [7, 11) is 1.55. The van der Waals surface area contributed by atoms with Gasteiger partial charge in [-0.1, -0.05) is 6.07 Å². The molecule has 1 N–H and O–H groups in total. The maximum Gasteiger partial charge on any atom is 0.270 e. The van der Waals surface area contributed by atoms with Gasteiger partial charge in [-0.2, -0.15) is 5.10 Å². The van der Waals surface area contributed by atoms with Gasteiger partial charge in [0.05, 0.1) is 5.92 Å². The van der Waals surface area contributed by atoms with Crippen LogP contribution in [0.5, 0.6) is 0 Å². The molecule has 0 spiro atoms. The van der Waals surface area contributed by atoms with Gasteiger partial charge < -0.3 is 10.2 Å². The Morgan fingerprint density at radius 2 is 2.08 bits per heavy atom. The molecule has 0 aliphatic carbocycles. The summed E-state index contributed by atoms with van der Waals surface area (Å²) in [5.74, 6) is -0.171. The van der Waals surface area contributed by atoms with Crippen molar-refractivity contribution in [3.05, 3.63) is 23.9 Å². The fourth-order valence-electron chi connectivity index (χ4n) is 3.15. The number of hydrogen-bond donors (Lipinski definition) is 1. The lowest BCUT2D eigenvalue weighted by Gasteiger charge is -2.33. The number of rotatable bonds is 3. The molecule has 0 saturated carbocycles. The lowest BCUT2D eigenvalue weighted by atomic mass is 9.96. The molecule has 1 atom stereocenters. The van der Waals surface area contributed by atoms with Crippen LogP contribution in [-0.2, 0) is 14.4 Å². The SMILES string of the molecule is Cc1ccc(NC(=O)C2CCCN(C(=O)C3=NN(C)C(=O)CC3)C2)nc1. The minimum absolute atomic E-state index is 0.0944. The molecule has 0 radical (unpaired) electrons. The molecule has 1 unspecified atom stereocenters. The summed E-state index contributed by atoms with van der Waals surface area (Å²) in [4.78, 5) is 42.6. The van der Waals surface area contributed by atoms with Crippen LogP contribution in [0.4, 0.5) is 5.82 Å². The Bertz CT molecular complexity index is 744. The number of hydrazone groups is 1. The van der Waals surface area contributed by atoms with E-state index >= 15 is 0 Å². The minimum atomic E-state index is -0.278. The standard InChI is InChI=1S/C18H23N5O3/c1-12-5-7-15(19-10-12)20-17(25)13-4-3-9-23(11-13)18(26)14-6-8-16(24)22(2)21-14/h5,7,10,13H,3-4,6,8-9,11H2,1-2H3,(H,19,20,25). The molecule has 138 valence electrons. The summed E-state index contributed by atoms with van der Waals surface area (Å²) in [5, 5.41) is 8.12. The fraction of sp³-hybridized carbons (Fsp3) is 0.500. The van der Waals surface area contributed by atoms with E-state index in [-0.39, 0.29) is 30.1 Å². The van der Waals surface area contributed by atoms with Crippen LogP contribution in [0.1, 0.15) is 31.2 Å². The Labute approximate surface area is 152 Å². The summed E-state index contributed by atoms with van der Waals surface area (Å²) in [6.07, 6.45) is 3.82. The van der Waals surface area contributed by atoms with Gasteiger partial charge in [-0.25, -0.2) is 9.99 Å². The number of carbonyl (C=O) groups excluding carboxylic acids is 3. The first kappa shape index (κ1) is 18.0. The Morgan fingerprint density at radius 3 is 2.77 bits per heavy atom. The molecular weight excluding hydrogens is 334 g/mol. The number of aromatic nitrogens is 1. The van der Waals surface area contributed by atoms with E-state index in [1.165, 1.54) is 5.01 Å². The molecule has 1 aromatic rings. The van der Waals surface area contributed by atoms with E-state index in [9.17, 15) is 14.4 Å². The molecule has 1 fully saturated rings. The average Bonchev–Trinajstić information content (AvgIpc) is 2.65. The monoisotopic (exact) mass is 357 g/mol. The van der Waals surface area contributed by atoms with Gasteiger partial charge in [-0.05, 0) is 31.4 Å². The van der Waals surface area contributed by atoms with Crippen molar-refractivity contribution in [1.82, 2.24) is 14.9 Å². The zero-order chi connectivity index (χ0) is 18.7. The van der Waals surface area contributed by atoms with Crippen molar-refractivity contribution in [3.63, 3.8) is 0 Å². The first-order valence-corrected chi connectivity index (χ1v) is 8.81. The predicted octanol–water partition coefficient (Wildman–Crippen LogP) is 1.18. The van der Waals surface area contributed by atoms with Gasteiger partial charge in [0.15, 0.2) is 0 Å². The lowest BCUT2D eigenvalue weighted by Crippen LogP contribution is -2.47. The second-order valence-corrected chi connectivity index (χ2v) is 6.76. The molecule has 2 aliphatic rings. The van der Waals surface area contributed by atoms with Gasteiger partial charge in [-0.3, -0.25) is 14.4 Å². The van der Waals surface area contributed by atoms with Crippen LogP contribution in [0.25, 0.3) is 0 Å². The zero-order valence-corrected chi connectivity index (χ0v) is 15.1. The second-order valence-electron chi connectivity index (χ2n) is 6.76. The quantitative estimate of drug-likeness (QED) is 0.879. The van der Waals surface area contributed by atoms with E-state index in [1.807, 2.05) is 13.0 Å². The van der Waals surface area contributed by atoms with Gasteiger partial charge in [0.1, 0.15) is 11.5 Å². The molecule has 8 nitrogen and oxygen atoms in total. The maximum atomic E-state index is 12.7. The number of carbonyl (C=O) groups is 3. The highest BCUT2D eigenvalue weighted by atomic mass is 16.2. The summed E-state index contributed by atoms with van der Waals surface area (Å²) < 4.78 is 0. The number of nitrogens with zero attached hydrogens (tertiary/aromatic N) is 4. The number of aryl methyl sites for hydroxylation is 1. The van der Waals surface area contributed by atoms with E-state index < -0.39 is 0 Å². The minimum Gasteiger partial charge on any atom is -0.337 e. The topological polar surface area (TPSA) is 95.0 Å². The number of amides is 3. The van der Waals surface area contributed by atoms with Crippen molar-refractivity contribution in [2.24, 2.45) is 11.0 Å². The first-order valence-electron chi connectivity index (χ1n) is 8.81. The van der Waals surface area contributed by atoms with Gasteiger partial charge in [0, 0.05) is 39.2 Å². The van der Waals surface area contributed by atoms with Crippen LogP contribution in [0, 0.1) is 12.8 Å². The highest BCUT2D eigenvalue weighted by Gasteiger charge is 2.32. The average molecular weight is 357 g/mol. The van der Waals surface area contributed by atoms with E-state index in [0.29, 0.717) is 31.0 Å². The van der Waals surface area contributed by atoms with Crippen molar-refractivity contribution < 1.29 is 14.4 Å². The largest absolute Gasteiger partial charge is 0.337 e. The van der Waals surface area contributed by atoms with E-state index in [4.69, 9.17) is 0 Å². The number of hydrogen-bond acceptors (Lipinski definition) is 5. The van der Waals surface area contributed by atoms with Crippen molar-refractivity contribution in [2.45, 2.75) is 32.6 Å². The second kappa shape index (κ2) is 7.63. The van der Waals surface area contributed by atoms with Gasteiger partial charge >= 0.3 is 0 Å². The summed E-state index contributed by atoms with van der Waals surface area (Å²) in [6.45, 7) is 2.89. The third kappa shape index (κ3) is 4.07. The van der Waals surface area contributed by atoms with Crippen molar-refractivity contribution >= 4 is 29.3 Å². The third-order valence-electron chi connectivity index (χ3n) is 4.70. The predicted molar refractivity (Wildman–Crippen MR) is 96.3 cm³/mol. The zero-order valence-electron chi connectivity index (χ0n) is 15.1. The molecule has 26 heavy (non-hydrogen) atoms. The van der Waals surface area contributed by atoms with Crippen molar-refractivity contribution in [3.8, 4) is 0 Å². The number of nitrogens with one attached hydrogen (secondary N) is 1. The van der Waals surface area contributed by atoms with Crippen LogP contribution in [0.2, 0.25) is 0 Å². The molecule has 1 aromatic heterocycles. The molecule has 0 aromatic carbocycles. The molecule has 3 heterocycles. The normalized spacial score (nSPS) is 20.6. The molecule has 0 bridgehead atoms. The number of anilines is 1. The highest BCUT2D eigenvalue weighted by Crippen LogP contribution is 2.20. The Kier molecular flexibility index (Phi) is 5.29. The molecule has 3 amide bonds. The Hall–Kier alpha value is -2.77. The summed E-state index contributed by atoms with van der Waals surface area (Å²) >= 11 is 0. The van der Waals surface area contributed by atoms with Gasteiger partial charge in [0.25, 0.3) is 5.91 Å². The fourth-order valence-corrected chi connectivity index (χ4v) is 3.15. The van der Waals surface area contributed by atoms with Crippen LogP contribution >= 0.6 is 0 Å². The molecule has 3 rings (SSSR count). The number of likely N-dealkylation sites (tertiary alicyclic amines) is 1. The van der Waals surface area contributed by atoms with Crippen molar-refractivity contribution in [2.75, 3.05) is 25.5 Å². The lowest BCUT2D eigenvalue weighted by molar-refractivity contribution is -0.131. The van der Waals surface area contributed by atoms with E-state index in [0.717, 1.165) is 18.4 Å². The smallest absolute Gasteiger partial charge is 0.270 e. The van der Waals surface area contributed by atoms with Crippen molar-refractivity contribution in [1.29, 1.82) is 0 Å². The van der Waals surface area contributed by atoms with E-state index in [1.54, 1.807) is 24.2 Å². The van der Waals surface area contributed by atoms with Gasteiger partial charge in [-0.15, -0.1) is 0 Å². The van der Waals surface area contributed by atoms with E-state index in [2.05, 4.69) is 15.4 Å². The third-order valence-corrected chi connectivity index (χ3v) is 4.70. The highest BCUT2D eigenvalue weighted by molar-refractivity contribution is 6.39. The first-order chi connectivity index (χ1) is 12.4. The summed E-state index contributed by atoms with van der Waals surface area (Å²) in [5.41, 5.74) is 1.41. The maximum absolute atomic E-state index is 12.7.